The highest BCUT2D eigenvalue weighted by atomic mass is 32.2. The average Bonchev–Trinajstić information content (AvgIpc) is 1.81. The van der Waals surface area contributed by atoms with Crippen molar-refractivity contribution in [2.75, 3.05) is 59.8 Å². The van der Waals surface area contributed by atoms with Gasteiger partial charge in [-0.3, -0.25) is 0 Å². The fourth-order valence-corrected chi connectivity index (χ4v) is 14.0. The summed E-state index contributed by atoms with van der Waals surface area (Å²) in [4.78, 5) is 13.1. The molecule has 0 radical (unpaired) electrons. The predicted molar refractivity (Wildman–Crippen MR) is 345 cm³/mol. The van der Waals surface area contributed by atoms with Gasteiger partial charge in [-0.2, -0.15) is 19.1 Å². The number of aliphatic hydroxyl groups excluding tert-OH is 2. The van der Waals surface area contributed by atoms with E-state index in [9.17, 15) is 31.8 Å². The van der Waals surface area contributed by atoms with Crippen molar-refractivity contribution in [2.24, 2.45) is 16.6 Å². The highest BCUT2D eigenvalue weighted by Gasteiger charge is 2.38. The molecule has 24 heteroatoms. The van der Waals surface area contributed by atoms with Gasteiger partial charge in [0.2, 0.25) is 33.6 Å². The standard InChI is InChI=1S/C37H45N3O10S.C32H39N3O6S/c1-37(2,16-6-7-17-38)24-40(51(43,44)31-14-15-34-35(19-31)49-26-48-34)20-33(41)32(39-36(42)50-30-22-45-25-46-23-30)18-27-10-12-29(13-11-27)47-21-28-8-4-3-5-9-28;1-32(2,16-6-7-17-33)22-35(42(37,38)27-14-15-30-31(19-27)41-23-40-30)20-29(36)28(34)18-24-10-12-26(13-11-24)39-21-25-8-4-3-5-9-25/h3-5,8-15,19,30,32-33,41H,6-7,16,18,20-26H2,1-2H3,(H,39,42);3-5,8-15,19,28-29,36H,6-7,16,18,20-23,34H2,1-2H3/t32-,33+;28-,29+/m00/s1. The molecule has 498 valence electrons. The van der Waals surface area contributed by atoms with E-state index in [1.54, 1.807) is 18.2 Å². The molecule has 0 unspecified atom stereocenters. The van der Waals surface area contributed by atoms with Crippen molar-refractivity contribution < 1.29 is 74.5 Å². The zero-order chi connectivity index (χ0) is 66.4. The van der Waals surface area contributed by atoms with Gasteiger partial charge in [0.25, 0.3) is 0 Å². The molecule has 3 aliphatic rings. The zero-order valence-corrected chi connectivity index (χ0v) is 54.6. The molecule has 1 fully saturated rings. The van der Waals surface area contributed by atoms with Crippen molar-refractivity contribution in [2.45, 2.75) is 132 Å². The van der Waals surface area contributed by atoms with Crippen molar-refractivity contribution in [1.29, 1.82) is 10.5 Å². The molecule has 9 rings (SSSR count). The summed E-state index contributed by atoms with van der Waals surface area (Å²) >= 11 is 0. The number of nitriles is 2. The number of aliphatic hydroxyl groups is 2. The van der Waals surface area contributed by atoms with Gasteiger partial charge in [0.1, 0.15) is 31.5 Å². The fourth-order valence-electron chi connectivity index (χ4n) is 10.7. The van der Waals surface area contributed by atoms with Crippen LogP contribution in [-0.2, 0) is 60.3 Å². The van der Waals surface area contributed by atoms with E-state index in [-0.39, 0.29) is 76.0 Å². The number of alkyl carbamates (subject to hydrolysis) is 1. The number of amides is 1. The van der Waals surface area contributed by atoms with Gasteiger partial charge < -0.3 is 63.9 Å². The Labute approximate surface area is 545 Å². The first-order valence-corrected chi connectivity index (χ1v) is 33.8. The number of carbonyl (C=O) groups is 1. The molecule has 0 aromatic heterocycles. The molecular weight excluding hydrogens is 1230 g/mol. The van der Waals surface area contributed by atoms with E-state index >= 15 is 0 Å². The summed E-state index contributed by atoms with van der Waals surface area (Å²) in [6.07, 6.45) is -0.269. The molecule has 1 amide bonds. The molecule has 5 N–H and O–H groups in total. The van der Waals surface area contributed by atoms with Crippen molar-refractivity contribution in [3.05, 3.63) is 168 Å². The average molecular weight is 1320 g/mol. The van der Waals surface area contributed by atoms with Crippen LogP contribution in [0.1, 0.15) is 88.5 Å². The normalized spacial score (nSPS) is 15.2. The maximum atomic E-state index is 14.3. The van der Waals surface area contributed by atoms with Gasteiger partial charge in [-0.25, -0.2) is 21.6 Å². The van der Waals surface area contributed by atoms with E-state index in [4.69, 9.17) is 58.9 Å². The number of carbonyl (C=O) groups excluding carboxylic acids is 1. The van der Waals surface area contributed by atoms with E-state index in [1.807, 2.05) is 125 Å². The topological polar surface area (TPSA) is 301 Å². The maximum Gasteiger partial charge on any atom is 0.407 e. The number of benzene rings is 6. The number of fused-ring (bicyclic) bond motifs is 2. The number of nitrogens with one attached hydrogen (secondary N) is 1. The van der Waals surface area contributed by atoms with Crippen LogP contribution in [0.3, 0.4) is 0 Å². The zero-order valence-electron chi connectivity index (χ0n) is 53.0. The van der Waals surface area contributed by atoms with Gasteiger partial charge in [-0.1, -0.05) is 113 Å². The monoisotopic (exact) mass is 1320 g/mol. The van der Waals surface area contributed by atoms with Crippen LogP contribution in [0.2, 0.25) is 0 Å². The van der Waals surface area contributed by atoms with Gasteiger partial charge in [-0.05, 0) is 120 Å². The number of nitrogens with two attached hydrogens (primary N) is 1. The molecule has 93 heavy (non-hydrogen) atoms. The first-order valence-electron chi connectivity index (χ1n) is 30.9. The van der Waals surface area contributed by atoms with Crippen LogP contribution in [0.4, 0.5) is 4.79 Å². The second-order valence-electron chi connectivity index (χ2n) is 24.7. The number of ether oxygens (including phenoxy) is 9. The van der Waals surface area contributed by atoms with Crippen molar-refractivity contribution in [1.82, 2.24) is 13.9 Å². The Bertz CT molecular complexity index is 3660. The van der Waals surface area contributed by atoms with Crippen LogP contribution in [-0.4, -0.2) is 132 Å². The summed E-state index contributed by atoms with van der Waals surface area (Å²) in [5.74, 6) is 2.94. The van der Waals surface area contributed by atoms with Crippen LogP contribution < -0.4 is 39.5 Å². The lowest BCUT2D eigenvalue weighted by atomic mass is 9.87. The summed E-state index contributed by atoms with van der Waals surface area (Å²) in [6.45, 7) is 8.69. The van der Waals surface area contributed by atoms with Gasteiger partial charge in [0.15, 0.2) is 29.1 Å². The Morgan fingerprint density at radius 1 is 0.591 bits per heavy atom. The summed E-state index contributed by atoms with van der Waals surface area (Å²) in [5.41, 5.74) is 9.16. The predicted octanol–water partition coefficient (Wildman–Crippen LogP) is 9.41. The number of nitrogens with zero attached hydrogens (tertiary/aromatic N) is 4. The van der Waals surface area contributed by atoms with E-state index in [0.717, 1.165) is 28.0 Å². The highest BCUT2D eigenvalue weighted by Crippen LogP contribution is 2.38. The third kappa shape index (κ3) is 21.5. The smallest absolute Gasteiger partial charge is 0.407 e. The van der Waals surface area contributed by atoms with Crippen molar-refractivity contribution in [3.8, 4) is 46.6 Å². The number of hydrogen-bond donors (Lipinski definition) is 4. The molecule has 0 saturated carbocycles. The molecule has 3 aliphatic heterocycles. The summed E-state index contributed by atoms with van der Waals surface area (Å²) < 4.78 is 108. The summed E-state index contributed by atoms with van der Waals surface area (Å²) in [7, 11) is -8.22. The molecule has 4 atom stereocenters. The molecular formula is C69H84N6O16S2. The maximum absolute atomic E-state index is 14.3. The molecule has 0 bridgehead atoms. The first kappa shape index (κ1) is 70.9. The lowest BCUT2D eigenvalue weighted by Gasteiger charge is -2.35. The van der Waals surface area contributed by atoms with E-state index in [1.165, 1.54) is 38.9 Å². The molecule has 22 nitrogen and oxygen atoms in total. The number of sulfonamides is 2. The second kappa shape index (κ2) is 33.7. The first-order chi connectivity index (χ1) is 44.6. The Kier molecular flexibility index (Phi) is 25.7. The molecule has 3 heterocycles. The lowest BCUT2D eigenvalue weighted by molar-refractivity contribution is -0.151. The Balaban J connectivity index is 0.000000244. The van der Waals surface area contributed by atoms with E-state index in [2.05, 4.69) is 17.5 Å². The van der Waals surface area contributed by atoms with Gasteiger partial charge in [0, 0.05) is 57.2 Å². The quantitative estimate of drug-likeness (QED) is 0.0286. The van der Waals surface area contributed by atoms with Crippen LogP contribution in [0.25, 0.3) is 0 Å². The van der Waals surface area contributed by atoms with Crippen LogP contribution in [0.15, 0.2) is 155 Å². The van der Waals surface area contributed by atoms with Crippen molar-refractivity contribution in [3.63, 3.8) is 0 Å². The Morgan fingerprint density at radius 2 is 1.02 bits per heavy atom. The van der Waals surface area contributed by atoms with Gasteiger partial charge >= 0.3 is 6.09 Å². The largest absolute Gasteiger partial charge is 0.489 e. The number of rotatable bonds is 32. The molecule has 0 spiro atoms. The third-order valence-electron chi connectivity index (χ3n) is 15.8. The summed E-state index contributed by atoms with van der Waals surface area (Å²) in [6, 6.07) is 45.9. The van der Waals surface area contributed by atoms with Crippen LogP contribution in [0, 0.1) is 33.5 Å². The Hall–Kier alpha value is -8.01. The molecule has 0 aliphatic carbocycles. The van der Waals surface area contributed by atoms with Crippen molar-refractivity contribution >= 4 is 26.1 Å². The third-order valence-corrected chi connectivity index (χ3v) is 19.4. The summed E-state index contributed by atoms with van der Waals surface area (Å²) in [5, 5.41) is 43.8. The molecule has 6 aromatic carbocycles. The minimum atomic E-state index is -4.19. The minimum absolute atomic E-state index is 0.0180. The highest BCUT2D eigenvalue weighted by molar-refractivity contribution is 7.89. The fraction of sp³-hybridized carbons (Fsp3) is 0.435. The van der Waals surface area contributed by atoms with Gasteiger partial charge in [-0.15, -0.1) is 0 Å². The molecule has 6 aromatic rings. The SMILES string of the molecule is CC(C)(CCCC#N)CN(C[C@@H](O)[C@@H](N)Cc1ccc(OCc2ccccc2)cc1)S(=O)(=O)c1ccc2c(c1)OCO2.CC(C)(CCCC#N)CN(C[C@@H](O)[C@H](Cc1ccc(OCc2ccccc2)cc1)NC(=O)OC1COCOC1)S(=O)(=O)c1ccc2c(c1)OCO2. The Morgan fingerprint density at radius 3 is 1.47 bits per heavy atom. The van der Waals surface area contributed by atoms with Crippen LogP contribution in [0.5, 0.6) is 34.5 Å². The van der Waals surface area contributed by atoms with Gasteiger partial charge in [0.05, 0.1) is 53.4 Å². The van der Waals surface area contributed by atoms with E-state index in [0.29, 0.717) is 86.9 Å². The second-order valence-corrected chi connectivity index (χ2v) is 28.5. The van der Waals surface area contributed by atoms with Crippen LogP contribution >= 0.6 is 0 Å². The molecule has 1 saturated heterocycles. The number of hydrogen-bond acceptors (Lipinski definition) is 19. The minimum Gasteiger partial charge on any atom is -0.489 e. The number of unbranched alkanes of at least 4 members (excludes halogenated alkanes) is 2. The van der Waals surface area contributed by atoms with E-state index < -0.39 is 67.4 Å². The lowest BCUT2D eigenvalue weighted by Crippen LogP contribution is -2.52.